The molecule has 0 saturated carbocycles. The topological polar surface area (TPSA) is 29.5 Å². The second-order valence-electron chi connectivity index (χ2n) is 4.87. The number of rotatable bonds is 3. The molecule has 90 valence electrons. The molecule has 0 aromatic heterocycles. The number of hydrogen-bond donors (Lipinski definition) is 1. The highest BCUT2D eigenvalue weighted by Gasteiger charge is 2.18. The summed E-state index contributed by atoms with van der Waals surface area (Å²) in [4.78, 5) is 0. The van der Waals surface area contributed by atoms with E-state index < -0.39 is 0 Å². The molecule has 0 aliphatic heterocycles. The minimum absolute atomic E-state index is 0.0418. The van der Waals surface area contributed by atoms with E-state index in [-0.39, 0.29) is 12.0 Å². The lowest BCUT2D eigenvalue weighted by Gasteiger charge is -2.22. The molecular weight excluding hydrogens is 224 g/mol. The highest BCUT2D eigenvalue weighted by atomic mass is 35.5. The first-order valence-electron chi connectivity index (χ1n) is 5.38. The highest BCUT2D eigenvalue weighted by molar-refractivity contribution is 6.32. The van der Waals surface area contributed by atoms with Gasteiger partial charge in [0.25, 0.3) is 0 Å². The van der Waals surface area contributed by atoms with Gasteiger partial charge in [0.1, 0.15) is 5.75 Å². The molecular formula is C13H19ClO2. The molecule has 3 heteroatoms. The maximum Gasteiger partial charge on any atom is 0.140 e. The van der Waals surface area contributed by atoms with Crippen LogP contribution in [0.25, 0.3) is 0 Å². The van der Waals surface area contributed by atoms with Crippen LogP contribution in [0.1, 0.15) is 31.9 Å². The molecule has 1 N–H and O–H groups in total. The van der Waals surface area contributed by atoms with E-state index in [0.29, 0.717) is 17.2 Å². The Hall–Kier alpha value is -0.730. The first-order valence-corrected chi connectivity index (χ1v) is 5.75. The molecule has 1 aromatic rings. The van der Waals surface area contributed by atoms with Gasteiger partial charge in [-0.15, -0.1) is 0 Å². The van der Waals surface area contributed by atoms with Crippen molar-refractivity contribution in [2.24, 2.45) is 0 Å². The Morgan fingerprint density at radius 2 is 1.94 bits per heavy atom. The summed E-state index contributed by atoms with van der Waals surface area (Å²) in [7, 11) is 1.60. The molecule has 0 heterocycles. The zero-order chi connectivity index (χ0) is 12.3. The molecule has 0 amide bonds. The van der Waals surface area contributed by atoms with E-state index in [1.165, 1.54) is 0 Å². The summed E-state index contributed by atoms with van der Waals surface area (Å²) in [6.45, 7) is 6.50. The standard InChI is InChI=1S/C13H19ClO2/c1-13(2,3)10-7-9(5-6-15)12(16-4)11(14)8-10/h7-8,15H,5-6H2,1-4H3. The summed E-state index contributed by atoms with van der Waals surface area (Å²) in [5.41, 5.74) is 2.16. The van der Waals surface area contributed by atoms with E-state index in [1.54, 1.807) is 7.11 Å². The van der Waals surface area contributed by atoms with Gasteiger partial charge in [-0.2, -0.15) is 0 Å². The van der Waals surface area contributed by atoms with Crippen molar-refractivity contribution in [3.63, 3.8) is 0 Å². The van der Waals surface area contributed by atoms with Crippen molar-refractivity contribution in [2.45, 2.75) is 32.6 Å². The lowest BCUT2D eigenvalue weighted by atomic mass is 9.85. The smallest absolute Gasteiger partial charge is 0.140 e. The van der Waals surface area contributed by atoms with Crippen LogP contribution in [0.2, 0.25) is 5.02 Å². The largest absolute Gasteiger partial charge is 0.495 e. The van der Waals surface area contributed by atoms with Crippen molar-refractivity contribution in [1.82, 2.24) is 0 Å². The second kappa shape index (κ2) is 5.07. The third kappa shape index (κ3) is 2.89. The fourth-order valence-corrected chi connectivity index (χ4v) is 1.93. The summed E-state index contributed by atoms with van der Waals surface area (Å²) in [6, 6.07) is 3.99. The van der Waals surface area contributed by atoms with Gasteiger partial charge in [0.15, 0.2) is 0 Å². The molecule has 0 aliphatic rings. The van der Waals surface area contributed by atoms with E-state index in [4.69, 9.17) is 21.4 Å². The Kier molecular flexibility index (Phi) is 4.22. The van der Waals surface area contributed by atoms with E-state index >= 15 is 0 Å². The third-order valence-electron chi connectivity index (χ3n) is 2.57. The Labute approximate surface area is 102 Å². The van der Waals surface area contributed by atoms with Gasteiger partial charge in [0.05, 0.1) is 12.1 Å². The van der Waals surface area contributed by atoms with Crippen LogP contribution in [0.4, 0.5) is 0 Å². The van der Waals surface area contributed by atoms with Gasteiger partial charge < -0.3 is 9.84 Å². The minimum Gasteiger partial charge on any atom is -0.495 e. The van der Waals surface area contributed by atoms with Crippen molar-refractivity contribution in [3.8, 4) is 5.75 Å². The molecule has 0 spiro atoms. The predicted octanol–water partition coefficient (Wildman–Crippen LogP) is 3.18. The number of ether oxygens (including phenoxy) is 1. The van der Waals surface area contributed by atoms with Crippen molar-refractivity contribution in [2.75, 3.05) is 13.7 Å². The van der Waals surface area contributed by atoms with Crippen LogP contribution in [0.15, 0.2) is 12.1 Å². The van der Waals surface area contributed by atoms with Crippen molar-refractivity contribution in [1.29, 1.82) is 0 Å². The summed E-state index contributed by atoms with van der Waals surface area (Å²) in [5.74, 6) is 0.670. The predicted molar refractivity (Wildman–Crippen MR) is 67.5 cm³/mol. The molecule has 0 fully saturated rings. The van der Waals surface area contributed by atoms with E-state index in [9.17, 15) is 0 Å². The molecule has 2 nitrogen and oxygen atoms in total. The van der Waals surface area contributed by atoms with Gasteiger partial charge in [-0.1, -0.05) is 38.4 Å². The number of aliphatic hydroxyl groups is 1. The van der Waals surface area contributed by atoms with Gasteiger partial charge >= 0.3 is 0 Å². The Morgan fingerprint density at radius 3 is 2.38 bits per heavy atom. The Morgan fingerprint density at radius 1 is 1.31 bits per heavy atom. The van der Waals surface area contributed by atoms with Gasteiger partial charge in [-0.3, -0.25) is 0 Å². The molecule has 1 aromatic carbocycles. The van der Waals surface area contributed by atoms with Crippen LogP contribution in [-0.4, -0.2) is 18.8 Å². The zero-order valence-corrected chi connectivity index (χ0v) is 11.1. The number of aliphatic hydroxyl groups excluding tert-OH is 1. The van der Waals surface area contributed by atoms with Gasteiger partial charge in [-0.25, -0.2) is 0 Å². The molecule has 0 aliphatic carbocycles. The van der Waals surface area contributed by atoms with Crippen LogP contribution in [0.3, 0.4) is 0 Å². The molecule has 16 heavy (non-hydrogen) atoms. The van der Waals surface area contributed by atoms with Crippen molar-refractivity contribution in [3.05, 3.63) is 28.3 Å². The van der Waals surface area contributed by atoms with Crippen LogP contribution in [0, 0.1) is 0 Å². The second-order valence-corrected chi connectivity index (χ2v) is 5.28. The van der Waals surface area contributed by atoms with Gasteiger partial charge in [0.2, 0.25) is 0 Å². The average molecular weight is 243 g/mol. The SMILES string of the molecule is COc1c(Cl)cc(C(C)(C)C)cc1CCO. The first kappa shape index (κ1) is 13.3. The minimum atomic E-state index is 0.0418. The maximum absolute atomic E-state index is 9.03. The van der Waals surface area contributed by atoms with E-state index in [2.05, 4.69) is 26.8 Å². The lowest BCUT2D eigenvalue weighted by molar-refractivity contribution is 0.296. The van der Waals surface area contributed by atoms with E-state index in [1.807, 2.05) is 6.07 Å². The molecule has 0 bridgehead atoms. The fourth-order valence-electron chi connectivity index (χ4n) is 1.62. The van der Waals surface area contributed by atoms with Crippen LogP contribution in [0.5, 0.6) is 5.75 Å². The molecule has 0 radical (unpaired) electrons. The number of halogens is 1. The monoisotopic (exact) mass is 242 g/mol. The normalized spacial score (nSPS) is 11.6. The van der Waals surface area contributed by atoms with E-state index in [0.717, 1.165) is 11.1 Å². The number of methoxy groups -OCH3 is 1. The molecule has 0 atom stereocenters. The quantitative estimate of drug-likeness (QED) is 0.882. The lowest BCUT2D eigenvalue weighted by Crippen LogP contribution is -2.12. The summed E-state index contributed by atoms with van der Waals surface area (Å²) >= 11 is 6.17. The fraction of sp³-hybridized carbons (Fsp3) is 0.538. The van der Waals surface area contributed by atoms with Crippen molar-refractivity contribution < 1.29 is 9.84 Å². The first-order chi connectivity index (χ1) is 7.40. The average Bonchev–Trinajstić information content (AvgIpc) is 2.16. The third-order valence-corrected chi connectivity index (χ3v) is 2.85. The molecule has 0 saturated heterocycles. The zero-order valence-electron chi connectivity index (χ0n) is 10.3. The van der Waals surface area contributed by atoms with Crippen LogP contribution >= 0.6 is 11.6 Å². The highest BCUT2D eigenvalue weighted by Crippen LogP contribution is 2.34. The maximum atomic E-state index is 9.03. The molecule has 0 unspecified atom stereocenters. The van der Waals surface area contributed by atoms with Gasteiger partial charge in [0, 0.05) is 6.61 Å². The summed E-state index contributed by atoms with van der Waals surface area (Å²) < 4.78 is 5.25. The number of hydrogen-bond acceptors (Lipinski definition) is 2. The van der Waals surface area contributed by atoms with Crippen molar-refractivity contribution >= 4 is 11.6 Å². The van der Waals surface area contributed by atoms with Crippen LogP contribution < -0.4 is 4.74 Å². The van der Waals surface area contributed by atoms with Crippen LogP contribution in [-0.2, 0) is 11.8 Å². The Bertz CT molecular complexity index is 367. The summed E-state index contributed by atoms with van der Waals surface area (Å²) in [6.07, 6.45) is 0.562. The summed E-state index contributed by atoms with van der Waals surface area (Å²) in [5, 5.41) is 9.64. The Balaban J connectivity index is 3.28. The molecule has 1 rings (SSSR count). The van der Waals surface area contributed by atoms with Gasteiger partial charge in [-0.05, 0) is 29.0 Å². The number of benzene rings is 1.